The number of fused-ring (bicyclic) bond motifs is 1. The average molecular weight is 392 g/mol. The number of nitrogens with zero attached hydrogens (tertiary/aromatic N) is 3. The number of amides is 1. The molecule has 2 aliphatic rings. The largest absolute Gasteiger partial charge is 0.494 e. The van der Waals surface area contributed by atoms with Gasteiger partial charge in [-0.3, -0.25) is 15.1 Å². The lowest BCUT2D eigenvalue weighted by Gasteiger charge is -2.22. The highest BCUT2D eigenvalue weighted by Gasteiger charge is 2.31. The molecule has 7 heteroatoms. The van der Waals surface area contributed by atoms with Crippen LogP contribution in [0.15, 0.2) is 52.5 Å². The molecule has 1 N–H and O–H groups in total. The number of aromatic nitrogens is 1. The van der Waals surface area contributed by atoms with Gasteiger partial charge < -0.3 is 9.30 Å². The van der Waals surface area contributed by atoms with Crippen molar-refractivity contribution in [3.63, 3.8) is 0 Å². The number of thioether (sulfide) groups is 1. The molecule has 0 unspecified atom stereocenters. The standard InChI is InChI=1S/C21H20N4O2S/c1-4-27-17-7-5-16(6-8-17)25-13(2)11-15(14(25)3)12-18-19(22)24-9-10-28-21(24)23-20(18)26/h5-12,22H,4H2,1-3H3. The van der Waals surface area contributed by atoms with E-state index in [1.54, 1.807) is 17.2 Å². The Balaban J connectivity index is 1.71. The molecule has 142 valence electrons. The first-order valence-electron chi connectivity index (χ1n) is 8.98. The molecular formula is C21H20N4O2S. The van der Waals surface area contributed by atoms with Crippen LogP contribution in [0.3, 0.4) is 0 Å². The molecule has 0 bridgehead atoms. The number of aliphatic imine (C=N–C) groups is 1. The van der Waals surface area contributed by atoms with E-state index < -0.39 is 0 Å². The summed E-state index contributed by atoms with van der Waals surface area (Å²) in [6.07, 6.45) is 3.52. The maximum absolute atomic E-state index is 12.4. The van der Waals surface area contributed by atoms with E-state index in [1.165, 1.54) is 11.8 Å². The summed E-state index contributed by atoms with van der Waals surface area (Å²) in [6.45, 7) is 6.62. The van der Waals surface area contributed by atoms with E-state index in [9.17, 15) is 4.79 Å². The van der Waals surface area contributed by atoms with Crippen LogP contribution in [0.5, 0.6) is 5.75 Å². The van der Waals surface area contributed by atoms with Crippen LogP contribution in [-0.2, 0) is 4.79 Å². The molecule has 0 saturated heterocycles. The van der Waals surface area contributed by atoms with Crippen LogP contribution in [0.25, 0.3) is 11.8 Å². The smallest absolute Gasteiger partial charge is 0.283 e. The highest BCUT2D eigenvalue weighted by molar-refractivity contribution is 8.16. The first-order valence-corrected chi connectivity index (χ1v) is 9.86. The molecule has 2 aliphatic heterocycles. The van der Waals surface area contributed by atoms with E-state index in [-0.39, 0.29) is 11.7 Å². The second-order valence-corrected chi connectivity index (χ2v) is 7.34. The SMILES string of the molecule is CCOc1ccc(-n2c(C)cc(C=C3C(=N)N4C=CSC4=NC3=O)c2C)cc1. The van der Waals surface area contributed by atoms with Gasteiger partial charge in [0, 0.05) is 23.3 Å². The number of hydrogen-bond donors (Lipinski definition) is 1. The van der Waals surface area contributed by atoms with Crippen LogP contribution >= 0.6 is 11.8 Å². The van der Waals surface area contributed by atoms with Crippen molar-refractivity contribution in [1.29, 1.82) is 5.41 Å². The van der Waals surface area contributed by atoms with Crippen LogP contribution in [-0.4, -0.2) is 33.0 Å². The summed E-state index contributed by atoms with van der Waals surface area (Å²) in [4.78, 5) is 18.2. The molecule has 2 aromatic rings. The molecule has 28 heavy (non-hydrogen) atoms. The fourth-order valence-electron chi connectivity index (χ4n) is 3.38. The zero-order valence-electron chi connectivity index (χ0n) is 15.9. The minimum atomic E-state index is -0.377. The molecule has 6 nitrogen and oxygen atoms in total. The zero-order chi connectivity index (χ0) is 19.8. The number of carbonyl (C=O) groups is 1. The lowest BCUT2D eigenvalue weighted by Crippen LogP contribution is -2.35. The van der Waals surface area contributed by atoms with Gasteiger partial charge in [-0.05, 0) is 68.2 Å². The fourth-order valence-corrected chi connectivity index (χ4v) is 4.08. The van der Waals surface area contributed by atoms with Crippen molar-refractivity contribution in [3.05, 3.63) is 64.5 Å². The zero-order valence-corrected chi connectivity index (χ0v) is 16.7. The lowest BCUT2D eigenvalue weighted by molar-refractivity contribution is -0.114. The summed E-state index contributed by atoms with van der Waals surface area (Å²) in [7, 11) is 0. The molecule has 0 aliphatic carbocycles. The number of rotatable bonds is 4. The lowest BCUT2D eigenvalue weighted by atomic mass is 10.1. The third-order valence-electron chi connectivity index (χ3n) is 4.69. The Kier molecular flexibility index (Phi) is 4.68. The average Bonchev–Trinajstić information content (AvgIpc) is 3.24. The van der Waals surface area contributed by atoms with Gasteiger partial charge in [0.1, 0.15) is 11.6 Å². The molecule has 1 amide bonds. The monoisotopic (exact) mass is 392 g/mol. The van der Waals surface area contributed by atoms with E-state index in [2.05, 4.69) is 9.56 Å². The van der Waals surface area contributed by atoms with E-state index in [4.69, 9.17) is 10.1 Å². The highest BCUT2D eigenvalue weighted by Crippen LogP contribution is 2.29. The van der Waals surface area contributed by atoms with Crippen molar-refractivity contribution in [2.75, 3.05) is 6.61 Å². The first-order chi connectivity index (χ1) is 13.5. The van der Waals surface area contributed by atoms with Gasteiger partial charge in [0.05, 0.1) is 12.2 Å². The molecule has 0 radical (unpaired) electrons. The third-order valence-corrected chi connectivity index (χ3v) is 5.45. The van der Waals surface area contributed by atoms with Gasteiger partial charge in [0.15, 0.2) is 5.17 Å². The van der Waals surface area contributed by atoms with Crippen LogP contribution in [0.1, 0.15) is 23.9 Å². The molecule has 0 spiro atoms. The summed E-state index contributed by atoms with van der Waals surface area (Å²) in [5.41, 5.74) is 4.25. The maximum atomic E-state index is 12.4. The molecule has 0 atom stereocenters. The Morgan fingerprint density at radius 1 is 1.25 bits per heavy atom. The second-order valence-electron chi connectivity index (χ2n) is 6.47. The molecule has 0 saturated carbocycles. The minimum absolute atomic E-state index is 0.155. The predicted octanol–water partition coefficient (Wildman–Crippen LogP) is 4.27. The normalized spacial score (nSPS) is 17.3. The first kappa shape index (κ1) is 18.3. The van der Waals surface area contributed by atoms with Gasteiger partial charge >= 0.3 is 0 Å². The quantitative estimate of drug-likeness (QED) is 0.789. The summed E-state index contributed by atoms with van der Waals surface area (Å²) in [6, 6.07) is 9.94. The van der Waals surface area contributed by atoms with Crippen molar-refractivity contribution >= 4 is 34.7 Å². The number of benzene rings is 1. The maximum Gasteiger partial charge on any atom is 0.283 e. The molecule has 1 aromatic heterocycles. The molecular weight excluding hydrogens is 372 g/mol. The van der Waals surface area contributed by atoms with E-state index >= 15 is 0 Å². The predicted molar refractivity (Wildman–Crippen MR) is 113 cm³/mol. The van der Waals surface area contributed by atoms with Crippen molar-refractivity contribution < 1.29 is 9.53 Å². The third kappa shape index (κ3) is 3.07. The molecule has 1 aromatic carbocycles. The van der Waals surface area contributed by atoms with Crippen molar-refractivity contribution in [2.24, 2.45) is 4.99 Å². The molecule has 3 heterocycles. The Morgan fingerprint density at radius 3 is 2.71 bits per heavy atom. The summed E-state index contributed by atoms with van der Waals surface area (Å²) < 4.78 is 7.64. The highest BCUT2D eigenvalue weighted by atomic mass is 32.2. The second kappa shape index (κ2) is 7.16. The number of carbonyl (C=O) groups excluding carboxylic acids is 1. The van der Waals surface area contributed by atoms with Crippen LogP contribution in [0.2, 0.25) is 0 Å². The number of nitrogens with one attached hydrogen (secondary N) is 1. The number of ether oxygens (including phenoxy) is 1. The fraction of sp³-hybridized carbons (Fsp3) is 0.190. The number of hydrogen-bond acceptors (Lipinski definition) is 4. The van der Waals surface area contributed by atoms with Gasteiger partial charge in [-0.1, -0.05) is 11.8 Å². The number of aryl methyl sites for hydroxylation is 1. The van der Waals surface area contributed by atoms with Crippen LogP contribution in [0.4, 0.5) is 0 Å². The summed E-state index contributed by atoms with van der Waals surface area (Å²) in [5.74, 6) is 0.614. The Labute approximate surface area is 167 Å². The van der Waals surface area contributed by atoms with E-state index in [0.717, 1.165) is 28.4 Å². The number of amidine groups is 2. The Morgan fingerprint density at radius 2 is 2.00 bits per heavy atom. The van der Waals surface area contributed by atoms with Crippen molar-refractivity contribution in [2.45, 2.75) is 20.8 Å². The van der Waals surface area contributed by atoms with E-state index in [0.29, 0.717) is 17.3 Å². The van der Waals surface area contributed by atoms with Crippen LogP contribution < -0.4 is 4.74 Å². The Hall–Kier alpha value is -3.06. The van der Waals surface area contributed by atoms with Crippen molar-refractivity contribution in [3.8, 4) is 11.4 Å². The topological polar surface area (TPSA) is 70.7 Å². The molecule has 0 fully saturated rings. The van der Waals surface area contributed by atoms with Crippen LogP contribution in [0, 0.1) is 19.3 Å². The summed E-state index contributed by atoms with van der Waals surface area (Å²) in [5, 5.41) is 10.7. The van der Waals surface area contributed by atoms with Crippen molar-refractivity contribution in [1.82, 2.24) is 9.47 Å². The van der Waals surface area contributed by atoms with Gasteiger partial charge in [-0.25, -0.2) is 0 Å². The minimum Gasteiger partial charge on any atom is -0.494 e. The van der Waals surface area contributed by atoms with Gasteiger partial charge in [-0.15, -0.1) is 0 Å². The molecule has 4 rings (SSSR count). The van der Waals surface area contributed by atoms with E-state index in [1.807, 2.05) is 56.5 Å². The Bertz CT molecular complexity index is 1060. The van der Waals surface area contributed by atoms with Gasteiger partial charge in [0.25, 0.3) is 5.91 Å². The summed E-state index contributed by atoms with van der Waals surface area (Å²) >= 11 is 1.35. The van der Waals surface area contributed by atoms with Gasteiger partial charge in [-0.2, -0.15) is 4.99 Å². The van der Waals surface area contributed by atoms with Gasteiger partial charge in [0.2, 0.25) is 0 Å².